The number of hydrogen-bond donors (Lipinski definition) is 0. The van der Waals surface area contributed by atoms with Gasteiger partial charge in [-0.05, 0) is 49.6 Å². The molecule has 0 saturated carbocycles. The van der Waals surface area contributed by atoms with E-state index in [1.54, 1.807) is 4.90 Å². The van der Waals surface area contributed by atoms with Crippen molar-refractivity contribution in [3.05, 3.63) is 58.4 Å². The first-order chi connectivity index (χ1) is 16.7. The number of rotatable bonds is 3. The summed E-state index contributed by atoms with van der Waals surface area (Å²) in [5.74, 6) is 1.69. The molecule has 5 rings (SSSR count). The normalized spacial score (nSPS) is 17.9. The lowest BCUT2D eigenvalue weighted by atomic mass is 9.95. The third kappa shape index (κ3) is 4.56. The van der Waals surface area contributed by atoms with Gasteiger partial charge in [0.15, 0.2) is 5.82 Å². The Balaban J connectivity index is 1.42. The highest BCUT2D eigenvalue weighted by Gasteiger charge is 2.35. The maximum Gasteiger partial charge on any atom is 0.433 e. The maximum atomic E-state index is 13.1. The molecule has 0 N–H and O–H groups in total. The molecule has 0 aliphatic carbocycles. The van der Waals surface area contributed by atoms with Gasteiger partial charge < -0.3 is 4.90 Å². The zero-order valence-electron chi connectivity index (χ0n) is 18.9. The van der Waals surface area contributed by atoms with Crippen molar-refractivity contribution >= 4 is 17.5 Å². The van der Waals surface area contributed by atoms with Crippen LogP contribution in [0.2, 0.25) is 5.02 Å². The molecule has 4 heterocycles. The van der Waals surface area contributed by atoms with E-state index in [-0.39, 0.29) is 17.9 Å². The number of fused-ring (bicyclic) bond motifs is 3. The van der Waals surface area contributed by atoms with E-state index in [1.165, 1.54) is 0 Å². The zero-order chi connectivity index (χ0) is 24.7. The summed E-state index contributed by atoms with van der Waals surface area (Å²) in [7, 11) is 0. The van der Waals surface area contributed by atoms with Crippen molar-refractivity contribution in [1.82, 2.24) is 29.6 Å². The van der Waals surface area contributed by atoms with Gasteiger partial charge in [0.2, 0.25) is 5.95 Å². The quantitative estimate of drug-likeness (QED) is 0.526. The molecule has 0 bridgehead atoms. The van der Waals surface area contributed by atoms with E-state index in [9.17, 15) is 18.4 Å². The SMILES string of the molecule is CC(C#N)N1Cc2cc(Cl)ccc2-n2c(nnc2C2CCN(c3nccc(C(F)(F)F)n3)CC2)C1. The summed E-state index contributed by atoms with van der Waals surface area (Å²) in [5, 5.41) is 19.1. The minimum atomic E-state index is -4.51. The minimum Gasteiger partial charge on any atom is -0.341 e. The highest BCUT2D eigenvalue weighted by Crippen LogP contribution is 2.35. The van der Waals surface area contributed by atoms with E-state index in [0.717, 1.165) is 35.2 Å². The largest absolute Gasteiger partial charge is 0.433 e. The summed E-state index contributed by atoms with van der Waals surface area (Å²) in [6.45, 7) is 3.87. The van der Waals surface area contributed by atoms with Gasteiger partial charge in [0.25, 0.3) is 0 Å². The van der Waals surface area contributed by atoms with Gasteiger partial charge in [-0.2, -0.15) is 18.4 Å². The van der Waals surface area contributed by atoms with E-state index in [4.69, 9.17) is 11.6 Å². The van der Waals surface area contributed by atoms with Crippen LogP contribution in [0.1, 0.15) is 48.6 Å². The summed E-state index contributed by atoms with van der Waals surface area (Å²) >= 11 is 6.28. The molecule has 35 heavy (non-hydrogen) atoms. The molecule has 1 saturated heterocycles. The number of anilines is 1. The monoisotopic (exact) mass is 502 g/mol. The van der Waals surface area contributed by atoms with Crippen LogP contribution in [0.5, 0.6) is 0 Å². The van der Waals surface area contributed by atoms with Crippen molar-refractivity contribution in [1.29, 1.82) is 5.26 Å². The van der Waals surface area contributed by atoms with E-state index in [2.05, 4.69) is 30.8 Å². The lowest BCUT2D eigenvalue weighted by Gasteiger charge is -2.32. The molecule has 8 nitrogen and oxygen atoms in total. The molecule has 1 aromatic carbocycles. The molecular weight excluding hydrogens is 481 g/mol. The van der Waals surface area contributed by atoms with Gasteiger partial charge in [0.1, 0.15) is 11.5 Å². The van der Waals surface area contributed by atoms with Gasteiger partial charge in [-0.25, -0.2) is 9.97 Å². The molecule has 182 valence electrons. The van der Waals surface area contributed by atoms with Crippen LogP contribution >= 0.6 is 11.6 Å². The van der Waals surface area contributed by atoms with Crippen molar-refractivity contribution in [3.63, 3.8) is 0 Å². The minimum absolute atomic E-state index is 0.0572. The van der Waals surface area contributed by atoms with Crippen LogP contribution in [-0.2, 0) is 19.3 Å². The number of aromatic nitrogens is 5. The number of halogens is 4. The second-order valence-electron chi connectivity index (χ2n) is 8.79. The molecule has 1 atom stereocenters. The standard InChI is InChI=1S/C23H22ClF3N8/c1-14(11-28)34-12-16-10-17(24)2-3-18(16)35-20(13-34)31-32-21(35)15-5-8-33(9-6-15)22-29-7-4-19(30-22)23(25,26)27/h2-4,7,10,14-15H,5-6,8-9,12-13H2,1H3. The van der Waals surface area contributed by atoms with Crippen molar-refractivity contribution in [2.45, 2.75) is 51.0 Å². The van der Waals surface area contributed by atoms with Crippen LogP contribution in [-0.4, -0.2) is 48.8 Å². The Bertz CT molecular complexity index is 1280. The van der Waals surface area contributed by atoms with E-state index in [0.29, 0.717) is 44.0 Å². The highest BCUT2D eigenvalue weighted by atomic mass is 35.5. The number of piperidine rings is 1. The average Bonchev–Trinajstić information content (AvgIpc) is 3.19. The topological polar surface area (TPSA) is 86.8 Å². The fourth-order valence-corrected chi connectivity index (χ4v) is 4.86. The Morgan fingerprint density at radius 2 is 1.91 bits per heavy atom. The zero-order valence-corrected chi connectivity index (χ0v) is 19.6. The molecule has 3 aromatic rings. The van der Waals surface area contributed by atoms with Crippen molar-refractivity contribution in [2.75, 3.05) is 18.0 Å². The fraction of sp³-hybridized carbons (Fsp3) is 0.435. The Morgan fingerprint density at radius 3 is 2.63 bits per heavy atom. The van der Waals surface area contributed by atoms with Crippen LogP contribution in [0.4, 0.5) is 19.1 Å². The van der Waals surface area contributed by atoms with E-state index >= 15 is 0 Å². The van der Waals surface area contributed by atoms with Crippen LogP contribution in [0.3, 0.4) is 0 Å². The molecule has 0 amide bonds. The summed E-state index contributed by atoms with van der Waals surface area (Å²) < 4.78 is 41.3. The molecule has 0 spiro atoms. The number of benzene rings is 1. The Morgan fingerprint density at radius 1 is 1.14 bits per heavy atom. The summed E-state index contributed by atoms with van der Waals surface area (Å²) in [6.07, 6.45) is -2.04. The fourth-order valence-electron chi connectivity index (χ4n) is 4.67. The molecule has 2 aliphatic rings. The van der Waals surface area contributed by atoms with Gasteiger partial charge in [0.05, 0.1) is 24.3 Å². The maximum absolute atomic E-state index is 13.1. The number of nitrogens with zero attached hydrogens (tertiary/aromatic N) is 8. The molecule has 2 aromatic heterocycles. The first kappa shape index (κ1) is 23.5. The molecule has 1 unspecified atom stereocenters. The molecule has 2 aliphatic heterocycles. The van der Waals surface area contributed by atoms with Crippen molar-refractivity contribution in [3.8, 4) is 11.8 Å². The first-order valence-electron chi connectivity index (χ1n) is 11.3. The Kier molecular flexibility index (Phi) is 6.11. The van der Waals surface area contributed by atoms with Crippen LogP contribution in [0.15, 0.2) is 30.5 Å². The van der Waals surface area contributed by atoms with E-state index < -0.39 is 11.9 Å². The Hall–Kier alpha value is -3.23. The number of hydrogen-bond acceptors (Lipinski definition) is 7. The third-order valence-electron chi connectivity index (χ3n) is 6.57. The average molecular weight is 503 g/mol. The lowest BCUT2D eigenvalue weighted by Crippen LogP contribution is -2.35. The van der Waals surface area contributed by atoms with Crippen molar-refractivity contribution < 1.29 is 13.2 Å². The van der Waals surface area contributed by atoms with Crippen LogP contribution in [0, 0.1) is 11.3 Å². The predicted molar refractivity (Wildman–Crippen MR) is 122 cm³/mol. The second kappa shape index (κ2) is 9.09. The third-order valence-corrected chi connectivity index (χ3v) is 6.80. The molecule has 1 fully saturated rings. The molecule has 0 radical (unpaired) electrons. The molecular formula is C23H22ClF3N8. The number of alkyl halides is 3. The first-order valence-corrected chi connectivity index (χ1v) is 11.6. The lowest BCUT2D eigenvalue weighted by molar-refractivity contribution is -0.141. The van der Waals surface area contributed by atoms with Crippen LogP contribution in [0.25, 0.3) is 5.69 Å². The predicted octanol–water partition coefficient (Wildman–Crippen LogP) is 4.34. The van der Waals surface area contributed by atoms with Gasteiger partial charge in [-0.1, -0.05) is 11.6 Å². The summed E-state index contributed by atoms with van der Waals surface area (Å²) in [5.41, 5.74) is 0.966. The summed E-state index contributed by atoms with van der Waals surface area (Å²) in [4.78, 5) is 11.6. The van der Waals surface area contributed by atoms with Crippen LogP contribution < -0.4 is 4.90 Å². The van der Waals surface area contributed by atoms with Gasteiger partial charge >= 0.3 is 6.18 Å². The van der Waals surface area contributed by atoms with Gasteiger partial charge in [-0.3, -0.25) is 9.47 Å². The van der Waals surface area contributed by atoms with E-state index in [1.807, 2.05) is 30.0 Å². The second-order valence-corrected chi connectivity index (χ2v) is 9.23. The van der Waals surface area contributed by atoms with Gasteiger partial charge in [-0.15, -0.1) is 10.2 Å². The highest BCUT2D eigenvalue weighted by molar-refractivity contribution is 6.30. The summed E-state index contributed by atoms with van der Waals surface area (Å²) in [6, 6.07) is 8.52. The van der Waals surface area contributed by atoms with Gasteiger partial charge in [0, 0.05) is 36.8 Å². The number of nitriles is 1. The smallest absolute Gasteiger partial charge is 0.341 e. The van der Waals surface area contributed by atoms with Crippen molar-refractivity contribution in [2.24, 2.45) is 0 Å². The Labute approximate surface area is 205 Å². The molecule has 12 heteroatoms.